The van der Waals surface area contributed by atoms with Crippen LogP contribution >= 0.6 is 23.4 Å². The largest absolute Gasteiger partial charge is 0.333 e. The minimum Gasteiger partial charge on any atom is -0.333 e. The maximum absolute atomic E-state index is 12.0. The normalized spacial score (nSPS) is 10.6. The van der Waals surface area contributed by atoms with Gasteiger partial charge in [-0.2, -0.15) is 0 Å². The lowest BCUT2D eigenvalue weighted by molar-refractivity contribution is -0.129. The van der Waals surface area contributed by atoms with Crippen molar-refractivity contribution in [1.29, 1.82) is 0 Å². The Kier molecular flexibility index (Phi) is 6.90. The molecule has 124 valence electrons. The molecule has 0 unspecified atom stereocenters. The lowest BCUT2D eigenvalue weighted by Gasteiger charge is -2.14. The highest BCUT2D eigenvalue weighted by molar-refractivity contribution is 8.02. The molecule has 0 aromatic heterocycles. The summed E-state index contributed by atoms with van der Waals surface area (Å²) in [6, 6.07) is 16.5. The van der Waals surface area contributed by atoms with Gasteiger partial charge in [0.2, 0.25) is 11.8 Å². The van der Waals surface area contributed by atoms with Gasteiger partial charge in [0.05, 0.1) is 6.54 Å². The molecule has 0 aliphatic rings. The summed E-state index contributed by atoms with van der Waals surface area (Å²) in [5.74, 6) is -0.498. The van der Waals surface area contributed by atoms with Gasteiger partial charge in [0.25, 0.3) is 0 Å². The number of likely N-dealkylation sites (N-methyl/N-ethyl adjacent to an activating group) is 1. The fourth-order valence-corrected chi connectivity index (χ4v) is 2.61. The first-order valence-corrected chi connectivity index (χ1v) is 8.49. The van der Waals surface area contributed by atoms with Crippen LogP contribution in [0.15, 0.2) is 71.0 Å². The molecule has 2 rings (SSSR count). The number of hydrogen-bond donors (Lipinski definition) is 1. The van der Waals surface area contributed by atoms with Crippen molar-refractivity contribution in [2.75, 3.05) is 18.9 Å². The number of nitrogens with one attached hydrogen (secondary N) is 1. The van der Waals surface area contributed by atoms with Gasteiger partial charge < -0.3 is 10.2 Å². The van der Waals surface area contributed by atoms with E-state index >= 15 is 0 Å². The van der Waals surface area contributed by atoms with E-state index in [1.807, 2.05) is 30.3 Å². The Balaban J connectivity index is 1.80. The first-order valence-electron chi connectivity index (χ1n) is 7.23. The van der Waals surface area contributed by atoms with Crippen LogP contribution in [0, 0.1) is 0 Å². The predicted octanol–water partition coefficient (Wildman–Crippen LogP) is 4.04. The van der Waals surface area contributed by atoms with Gasteiger partial charge in [0, 0.05) is 28.7 Å². The summed E-state index contributed by atoms with van der Waals surface area (Å²) in [6.07, 6.45) is 1.45. The second-order valence-corrected chi connectivity index (χ2v) is 6.40. The van der Waals surface area contributed by atoms with E-state index < -0.39 is 0 Å². The van der Waals surface area contributed by atoms with Crippen molar-refractivity contribution in [3.05, 3.63) is 71.1 Å². The molecule has 0 fully saturated rings. The van der Waals surface area contributed by atoms with Crippen LogP contribution in [-0.4, -0.2) is 30.3 Å². The molecule has 0 aliphatic heterocycles. The van der Waals surface area contributed by atoms with Crippen molar-refractivity contribution in [1.82, 2.24) is 4.90 Å². The fraction of sp³-hybridized carbons (Fsp3) is 0.111. The third-order valence-corrected chi connectivity index (χ3v) is 4.11. The minimum absolute atomic E-state index is 0.0260. The molecule has 0 heterocycles. The average Bonchev–Trinajstić information content (AvgIpc) is 2.57. The number of carbonyl (C=O) groups is 2. The monoisotopic (exact) mass is 360 g/mol. The summed E-state index contributed by atoms with van der Waals surface area (Å²) in [5, 5.41) is 5.03. The molecule has 0 spiro atoms. The van der Waals surface area contributed by atoms with Crippen molar-refractivity contribution in [3.63, 3.8) is 0 Å². The van der Waals surface area contributed by atoms with Crippen molar-refractivity contribution < 1.29 is 9.59 Å². The Bertz CT molecular complexity index is 718. The molecule has 0 aliphatic carbocycles. The van der Waals surface area contributed by atoms with Gasteiger partial charge in [-0.15, -0.1) is 0 Å². The molecule has 2 amide bonds. The van der Waals surface area contributed by atoms with Crippen LogP contribution in [0.3, 0.4) is 0 Å². The molecule has 1 N–H and O–H groups in total. The Morgan fingerprint density at radius 1 is 1.12 bits per heavy atom. The van der Waals surface area contributed by atoms with Crippen LogP contribution in [0.25, 0.3) is 0 Å². The Hall–Kier alpha value is -2.24. The highest BCUT2D eigenvalue weighted by Gasteiger charge is 2.10. The number of halogens is 1. The molecule has 6 heteroatoms. The summed E-state index contributed by atoms with van der Waals surface area (Å²) < 4.78 is 0. The second kappa shape index (κ2) is 9.15. The maximum Gasteiger partial charge on any atom is 0.247 e. The standard InChI is InChI=1S/C18H17ClN2O2S/c1-21(13-17(22)20-15-9-7-14(19)8-10-15)18(23)11-12-24-16-5-3-2-4-6-16/h2-12H,13H2,1H3,(H,20,22)/b12-11+. The molecule has 0 radical (unpaired) electrons. The lowest BCUT2D eigenvalue weighted by Crippen LogP contribution is -2.33. The molecule has 0 atom stereocenters. The summed E-state index contributed by atoms with van der Waals surface area (Å²) in [5.41, 5.74) is 0.639. The second-order valence-electron chi connectivity index (χ2n) is 4.98. The zero-order valence-electron chi connectivity index (χ0n) is 13.1. The van der Waals surface area contributed by atoms with Crippen molar-refractivity contribution in [2.45, 2.75) is 4.90 Å². The van der Waals surface area contributed by atoms with E-state index in [9.17, 15) is 9.59 Å². The molecule has 24 heavy (non-hydrogen) atoms. The number of nitrogens with zero attached hydrogens (tertiary/aromatic N) is 1. The van der Waals surface area contributed by atoms with Gasteiger partial charge in [-0.25, -0.2) is 0 Å². The molecular formula is C18H17ClN2O2S. The first kappa shape index (κ1) is 18.1. The van der Waals surface area contributed by atoms with Gasteiger partial charge in [-0.05, 0) is 41.8 Å². The number of carbonyl (C=O) groups excluding carboxylic acids is 2. The summed E-state index contributed by atoms with van der Waals surface area (Å²) in [4.78, 5) is 26.3. The van der Waals surface area contributed by atoms with E-state index in [0.29, 0.717) is 10.7 Å². The third kappa shape index (κ3) is 6.10. The molecule has 4 nitrogen and oxygen atoms in total. The maximum atomic E-state index is 12.0. The third-order valence-electron chi connectivity index (χ3n) is 3.04. The van der Waals surface area contributed by atoms with E-state index in [-0.39, 0.29) is 18.4 Å². The van der Waals surface area contributed by atoms with Crippen LogP contribution in [0.4, 0.5) is 5.69 Å². The zero-order chi connectivity index (χ0) is 17.4. The van der Waals surface area contributed by atoms with E-state index in [1.54, 1.807) is 36.7 Å². The predicted molar refractivity (Wildman–Crippen MR) is 99.2 cm³/mol. The van der Waals surface area contributed by atoms with Crippen LogP contribution in [0.2, 0.25) is 5.02 Å². The van der Waals surface area contributed by atoms with Crippen molar-refractivity contribution in [3.8, 4) is 0 Å². The first-order chi connectivity index (χ1) is 11.5. The van der Waals surface area contributed by atoms with E-state index in [0.717, 1.165) is 4.90 Å². The number of hydrogen-bond acceptors (Lipinski definition) is 3. The van der Waals surface area contributed by atoms with E-state index in [2.05, 4.69) is 5.32 Å². The topological polar surface area (TPSA) is 49.4 Å². The molecule has 0 saturated carbocycles. The SMILES string of the molecule is CN(CC(=O)Nc1ccc(Cl)cc1)C(=O)/C=C/Sc1ccccc1. The van der Waals surface area contributed by atoms with Crippen LogP contribution < -0.4 is 5.32 Å². The highest BCUT2D eigenvalue weighted by Crippen LogP contribution is 2.18. The number of benzene rings is 2. The van der Waals surface area contributed by atoms with Gasteiger partial charge in [-0.1, -0.05) is 41.6 Å². The smallest absolute Gasteiger partial charge is 0.247 e. The summed E-state index contributed by atoms with van der Waals surface area (Å²) >= 11 is 7.24. The summed E-state index contributed by atoms with van der Waals surface area (Å²) in [6.45, 7) is -0.0260. The molecule has 0 saturated heterocycles. The summed E-state index contributed by atoms with van der Waals surface area (Å²) in [7, 11) is 1.58. The van der Waals surface area contributed by atoms with Crippen LogP contribution in [-0.2, 0) is 9.59 Å². The minimum atomic E-state index is -0.266. The van der Waals surface area contributed by atoms with Crippen LogP contribution in [0.5, 0.6) is 0 Å². The Morgan fingerprint density at radius 3 is 2.46 bits per heavy atom. The van der Waals surface area contributed by atoms with E-state index in [4.69, 9.17) is 11.6 Å². The molecule has 2 aromatic rings. The van der Waals surface area contributed by atoms with Gasteiger partial charge in [0.15, 0.2) is 0 Å². The number of anilines is 1. The molecule has 2 aromatic carbocycles. The number of thioether (sulfide) groups is 1. The quantitative estimate of drug-likeness (QED) is 0.624. The van der Waals surface area contributed by atoms with Gasteiger partial charge >= 0.3 is 0 Å². The number of rotatable bonds is 6. The zero-order valence-corrected chi connectivity index (χ0v) is 14.7. The highest BCUT2D eigenvalue weighted by atomic mass is 35.5. The van der Waals surface area contributed by atoms with Crippen molar-refractivity contribution in [2.24, 2.45) is 0 Å². The lowest BCUT2D eigenvalue weighted by atomic mass is 10.3. The molecular weight excluding hydrogens is 344 g/mol. The van der Waals surface area contributed by atoms with Gasteiger partial charge in [0.1, 0.15) is 0 Å². The number of amides is 2. The average molecular weight is 361 g/mol. The van der Waals surface area contributed by atoms with Crippen LogP contribution in [0.1, 0.15) is 0 Å². The molecule has 0 bridgehead atoms. The van der Waals surface area contributed by atoms with E-state index in [1.165, 1.54) is 22.7 Å². The van der Waals surface area contributed by atoms with Crippen molar-refractivity contribution >= 4 is 40.9 Å². The Labute approximate surface area is 150 Å². The Morgan fingerprint density at radius 2 is 1.79 bits per heavy atom. The fourth-order valence-electron chi connectivity index (χ4n) is 1.82. The van der Waals surface area contributed by atoms with Gasteiger partial charge in [-0.3, -0.25) is 9.59 Å².